The molecular formula is C21H30N4O6. The topological polar surface area (TPSA) is 161 Å². The summed E-state index contributed by atoms with van der Waals surface area (Å²) >= 11 is 0. The normalized spacial score (nSPS) is 11.2. The number of nitrogens with two attached hydrogens (primary N) is 1. The maximum Gasteiger partial charge on any atom is 0.307 e. The fourth-order valence-electron chi connectivity index (χ4n) is 2.66. The van der Waals surface area contributed by atoms with Gasteiger partial charge in [0.1, 0.15) is 5.84 Å². The first-order valence-corrected chi connectivity index (χ1v) is 10.1. The molecule has 0 aliphatic rings. The van der Waals surface area contributed by atoms with Crippen LogP contribution in [-0.4, -0.2) is 48.8 Å². The molecule has 0 aliphatic heterocycles. The molecule has 0 saturated carbocycles. The summed E-state index contributed by atoms with van der Waals surface area (Å²) < 4.78 is 9.77. The van der Waals surface area contributed by atoms with E-state index in [1.54, 1.807) is 38.1 Å². The van der Waals surface area contributed by atoms with Crippen molar-refractivity contribution in [1.82, 2.24) is 5.32 Å². The molecule has 0 fully saturated rings. The zero-order valence-electron chi connectivity index (χ0n) is 17.9. The van der Waals surface area contributed by atoms with Crippen LogP contribution in [0.5, 0.6) is 0 Å². The molecule has 31 heavy (non-hydrogen) atoms. The molecule has 1 rings (SSSR count). The van der Waals surface area contributed by atoms with E-state index in [0.717, 1.165) is 0 Å². The average molecular weight is 434 g/mol. The van der Waals surface area contributed by atoms with Crippen LogP contribution >= 0.6 is 0 Å². The smallest absolute Gasteiger partial charge is 0.307 e. The van der Waals surface area contributed by atoms with Crippen molar-refractivity contribution < 1.29 is 28.7 Å². The van der Waals surface area contributed by atoms with Crippen LogP contribution < -0.4 is 16.4 Å². The van der Waals surface area contributed by atoms with Crippen LogP contribution in [0.4, 0.5) is 5.69 Å². The Balaban J connectivity index is 2.52. The predicted octanol–water partition coefficient (Wildman–Crippen LogP) is 1.47. The zero-order valence-corrected chi connectivity index (χ0v) is 17.9. The van der Waals surface area contributed by atoms with Crippen LogP contribution in [0.15, 0.2) is 24.3 Å². The number of amidine groups is 1. The highest BCUT2D eigenvalue weighted by Gasteiger charge is 2.19. The van der Waals surface area contributed by atoms with Crippen LogP contribution in [0.2, 0.25) is 0 Å². The second-order valence-corrected chi connectivity index (χ2v) is 6.66. The van der Waals surface area contributed by atoms with Crippen molar-refractivity contribution >= 4 is 35.3 Å². The SMILES string of the molecule is CCOC(=O)CCC(CC(=O)OCC)NC(=O)CCC(=O)Nc1ccc(C(=N)N)cc1. The minimum absolute atomic E-state index is 0.0505. The molecule has 0 radical (unpaired) electrons. The summed E-state index contributed by atoms with van der Waals surface area (Å²) in [6, 6.07) is 5.83. The number of anilines is 1. The quantitative estimate of drug-likeness (QED) is 0.208. The van der Waals surface area contributed by atoms with Gasteiger partial charge in [-0.1, -0.05) is 0 Å². The van der Waals surface area contributed by atoms with Crippen molar-refractivity contribution in [2.75, 3.05) is 18.5 Å². The first kappa shape index (κ1) is 25.6. The van der Waals surface area contributed by atoms with Gasteiger partial charge in [0.15, 0.2) is 0 Å². The number of rotatable bonds is 13. The summed E-state index contributed by atoms with van der Waals surface area (Å²) in [7, 11) is 0. The van der Waals surface area contributed by atoms with Gasteiger partial charge in [-0.15, -0.1) is 0 Å². The third-order valence-corrected chi connectivity index (χ3v) is 4.14. The Morgan fingerprint density at radius 2 is 1.52 bits per heavy atom. The van der Waals surface area contributed by atoms with Crippen molar-refractivity contribution in [2.24, 2.45) is 5.73 Å². The third kappa shape index (κ3) is 10.8. The maximum absolute atomic E-state index is 12.2. The van der Waals surface area contributed by atoms with Crippen LogP contribution in [0.25, 0.3) is 0 Å². The van der Waals surface area contributed by atoms with Gasteiger partial charge in [-0.25, -0.2) is 0 Å². The molecule has 0 heterocycles. The third-order valence-electron chi connectivity index (χ3n) is 4.14. The van der Waals surface area contributed by atoms with Crippen LogP contribution in [0.3, 0.4) is 0 Å². The van der Waals surface area contributed by atoms with E-state index in [2.05, 4.69) is 10.6 Å². The molecule has 0 spiro atoms. The van der Waals surface area contributed by atoms with Crippen molar-refractivity contribution in [3.63, 3.8) is 0 Å². The molecule has 0 aliphatic carbocycles. The number of hydrogen-bond acceptors (Lipinski definition) is 7. The Hall–Kier alpha value is -3.43. The highest BCUT2D eigenvalue weighted by molar-refractivity contribution is 5.96. The summed E-state index contributed by atoms with van der Waals surface area (Å²) in [6.45, 7) is 3.83. The number of carbonyl (C=O) groups excluding carboxylic acids is 4. The number of ether oxygens (including phenoxy) is 2. The molecule has 0 saturated heterocycles. The fourth-order valence-corrected chi connectivity index (χ4v) is 2.66. The molecule has 0 aromatic heterocycles. The Bertz CT molecular complexity index is 779. The minimum atomic E-state index is -0.599. The second kappa shape index (κ2) is 13.7. The Morgan fingerprint density at radius 1 is 0.935 bits per heavy atom. The van der Waals surface area contributed by atoms with E-state index in [1.807, 2.05) is 0 Å². The highest BCUT2D eigenvalue weighted by Crippen LogP contribution is 2.10. The van der Waals surface area contributed by atoms with Crippen molar-refractivity contribution in [3.8, 4) is 0 Å². The fraction of sp³-hybridized carbons (Fsp3) is 0.476. The Morgan fingerprint density at radius 3 is 2.10 bits per heavy atom. The molecule has 1 aromatic rings. The van der Waals surface area contributed by atoms with Gasteiger partial charge in [0.05, 0.1) is 19.6 Å². The lowest BCUT2D eigenvalue weighted by atomic mass is 10.1. The standard InChI is InChI=1S/C21H30N4O6/c1-3-30-19(28)12-9-16(13-20(29)31-4-2)25-18(27)11-10-17(26)24-15-7-5-14(6-8-15)21(22)23/h5-8,16H,3-4,9-13H2,1-2H3,(H3,22,23)(H,24,26)(H,25,27). The maximum atomic E-state index is 12.2. The molecule has 10 nitrogen and oxygen atoms in total. The molecule has 1 atom stereocenters. The Labute approximate surface area is 181 Å². The summed E-state index contributed by atoms with van der Waals surface area (Å²) in [4.78, 5) is 47.7. The lowest BCUT2D eigenvalue weighted by molar-refractivity contribution is -0.146. The molecule has 170 valence electrons. The van der Waals surface area contributed by atoms with Gasteiger partial charge in [0, 0.05) is 36.6 Å². The number of nitrogen functional groups attached to an aromatic ring is 1. The van der Waals surface area contributed by atoms with E-state index in [1.165, 1.54) is 0 Å². The number of carbonyl (C=O) groups is 4. The molecule has 2 amide bonds. The van der Waals surface area contributed by atoms with E-state index >= 15 is 0 Å². The molecule has 10 heteroatoms. The lowest BCUT2D eigenvalue weighted by Crippen LogP contribution is -2.37. The van der Waals surface area contributed by atoms with Crippen LogP contribution in [0, 0.1) is 5.41 Å². The van der Waals surface area contributed by atoms with Crippen molar-refractivity contribution in [2.45, 2.75) is 52.0 Å². The largest absolute Gasteiger partial charge is 0.466 e. The van der Waals surface area contributed by atoms with E-state index < -0.39 is 23.9 Å². The van der Waals surface area contributed by atoms with E-state index in [-0.39, 0.29) is 57.1 Å². The number of esters is 2. The number of benzene rings is 1. The number of hydrogen-bond donors (Lipinski definition) is 4. The van der Waals surface area contributed by atoms with Crippen LogP contribution in [0.1, 0.15) is 51.5 Å². The van der Waals surface area contributed by atoms with Gasteiger partial charge in [0.25, 0.3) is 0 Å². The molecule has 1 unspecified atom stereocenters. The number of amides is 2. The van der Waals surface area contributed by atoms with Gasteiger partial charge < -0.3 is 25.8 Å². The lowest BCUT2D eigenvalue weighted by Gasteiger charge is -2.17. The Kier molecular flexibility index (Phi) is 11.3. The summed E-state index contributed by atoms with van der Waals surface area (Å²) in [5, 5.41) is 12.7. The average Bonchev–Trinajstić information content (AvgIpc) is 2.71. The molecule has 1 aromatic carbocycles. The monoisotopic (exact) mass is 434 g/mol. The van der Waals surface area contributed by atoms with E-state index in [9.17, 15) is 19.2 Å². The van der Waals surface area contributed by atoms with E-state index in [0.29, 0.717) is 11.3 Å². The zero-order chi connectivity index (χ0) is 23.2. The highest BCUT2D eigenvalue weighted by atomic mass is 16.5. The summed E-state index contributed by atoms with van der Waals surface area (Å²) in [5.41, 5.74) is 6.44. The van der Waals surface area contributed by atoms with Crippen molar-refractivity contribution in [3.05, 3.63) is 29.8 Å². The first-order valence-electron chi connectivity index (χ1n) is 10.1. The molecule has 0 bridgehead atoms. The van der Waals surface area contributed by atoms with Gasteiger partial charge >= 0.3 is 11.9 Å². The minimum Gasteiger partial charge on any atom is -0.466 e. The van der Waals surface area contributed by atoms with E-state index in [4.69, 9.17) is 20.6 Å². The van der Waals surface area contributed by atoms with Crippen LogP contribution in [-0.2, 0) is 28.7 Å². The van der Waals surface area contributed by atoms with Gasteiger partial charge in [-0.05, 0) is 44.5 Å². The first-order chi connectivity index (χ1) is 14.7. The summed E-state index contributed by atoms with van der Waals surface area (Å²) in [6.07, 6.45) is 0.0427. The number of nitrogens with one attached hydrogen (secondary N) is 3. The van der Waals surface area contributed by atoms with Gasteiger partial charge in [-0.3, -0.25) is 24.6 Å². The second-order valence-electron chi connectivity index (χ2n) is 6.66. The summed E-state index contributed by atoms with van der Waals surface area (Å²) in [5.74, 6) is -1.75. The molecule has 5 N–H and O–H groups in total. The van der Waals surface area contributed by atoms with Gasteiger partial charge in [-0.2, -0.15) is 0 Å². The molecular weight excluding hydrogens is 404 g/mol. The van der Waals surface area contributed by atoms with Crippen molar-refractivity contribution in [1.29, 1.82) is 5.41 Å². The van der Waals surface area contributed by atoms with Gasteiger partial charge in [0.2, 0.25) is 11.8 Å². The predicted molar refractivity (Wildman–Crippen MR) is 114 cm³/mol.